The zero-order chi connectivity index (χ0) is 14.9. The molecule has 1 aromatic heterocycles. The Kier molecular flexibility index (Phi) is 3.99. The standard InChI is InChI=1S/C14H15ClN2O3/c1-7(13-8(2)17-20-9(13)3)16-12-6-10(15)4-5-11(12)14(18)19/h4-7,16H,1-3H3,(H,18,19). The Morgan fingerprint density at radius 1 is 1.45 bits per heavy atom. The lowest BCUT2D eigenvalue weighted by Crippen LogP contribution is -2.12. The molecule has 20 heavy (non-hydrogen) atoms. The van der Waals surface area contributed by atoms with Gasteiger partial charge in [0.25, 0.3) is 0 Å². The molecule has 0 aliphatic rings. The normalized spacial score (nSPS) is 12.2. The maximum absolute atomic E-state index is 11.2. The summed E-state index contributed by atoms with van der Waals surface area (Å²) in [5.74, 6) is -0.295. The number of aryl methyl sites for hydroxylation is 2. The van der Waals surface area contributed by atoms with Crippen LogP contribution in [0.1, 0.15) is 40.3 Å². The van der Waals surface area contributed by atoms with Gasteiger partial charge in [0.1, 0.15) is 5.76 Å². The van der Waals surface area contributed by atoms with Gasteiger partial charge < -0.3 is 14.9 Å². The van der Waals surface area contributed by atoms with Gasteiger partial charge >= 0.3 is 5.97 Å². The van der Waals surface area contributed by atoms with Gasteiger partial charge in [0, 0.05) is 10.6 Å². The second-order valence-electron chi connectivity index (χ2n) is 4.60. The van der Waals surface area contributed by atoms with E-state index in [1.807, 2.05) is 20.8 Å². The highest BCUT2D eigenvalue weighted by Crippen LogP contribution is 2.28. The zero-order valence-electron chi connectivity index (χ0n) is 11.4. The molecular weight excluding hydrogens is 280 g/mol. The largest absolute Gasteiger partial charge is 0.478 e. The summed E-state index contributed by atoms with van der Waals surface area (Å²) in [5.41, 5.74) is 2.34. The number of carboxylic acids is 1. The third-order valence-electron chi connectivity index (χ3n) is 3.11. The van der Waals surface area contributed by atoms with Crippen LogP contribution in [0.4, 0.5) is 5.69 Å². The summed E-state index contributed by atoms with van der Waals surface area (Å²) in [6.07, 6.45) is 0. The van der Waals surface area contributed by atoms with Crippen LogP contribution in [0.15, 0.2) is 22.7 Å². The molecular formula is C14H15ClN2O3. The predicted octanol–water partition coefficient (Wildman–Crippen LogP) is 3.82. The van der Waals surface area contributed by atoms with Crippen molar-refractivity contribution in [2.75, 3.05) is 5.32 Å². The van der Waals surface area contributed by atoms with Gasteiger partial charge in [0.05, 0.1) is 23.0 Å². The van der Waals surface area contributed by atoms with E-state index in [1.165, 1.54) is 6.07 Å². The van der Waals surface area contributed by atoms with Crippen LogP contribution < -0.4 is 5.32 Å². The number of nitrogens with zero attached hydrogens (tertiary/aromatic N) is 1. The van der Waals surface area contributed by atoms with Crippen LogP contribution in [0, 0.1) is 13.8 Å². The SMILES string of the molecule is Cc1noc(C)c1C(C)Nc1cc(Cl)ccc1C(=O)O. The van der Waals surface area contributed by atoms with Gasteiger partial charge in [-0.2, -0.15) is 0 Å². The van der Waals surface area contributed by atoms with Gasteiger partial charge in [-0.1, -0.05) is 16.8 Å². The lowest BCUT2D eigenvalue weighted by atomic mass is 10.1. The highest BCUT2D eigenvalue weighted by molar-refractivity contribution is 6.31. The Morgan fingerprint density at radius 2 is 2.15 bits per heavy atom. The highest BCUT2D eigenvalue weighted by Gasteiger charge is 2.19. The van der Waals surface area contributed by atoms with E-state index in [0.717, 1.165) is 11.3 Å². The van der Waals surface area contributed by atoms with Crippen molar-refractivity contribution >= 4 is 23.3 Å². The lowest BCUT2D eigenvalue weighted by molar-refractivity contribution is 0.0698. The first kappa shape index (κ1) is 14.4. The van der Waals surface area contributed by atoms with Crippen molar-refractivity contribution in [1.29, 1.82) is 0 Å². The zero-order valence-corrected chi connectivity index (χ0v) is 12.2. The van der Waals surface area contributed by atoms with Crippen LogP contribution in [0.25, 0.3) is 0 Å². The molecule has 0 fully saturated rings. The molecule has 2 rings (SSSR count). The summed E-state index contributed by atoms with van der Waals surface area (Å²) in [7, 11) is 0. The van der Waals surface area contributed by atoms with E-state index >= 15 is 0 Å². The molecule has 0 aliphatic carbocycles. The Labute approximate surface area is 121 Å². The molecule has 106 valence electrons. The van der Waals surface area contributed by atoms with Gasteiger partial charge in [-0.3, -0.25) is 0 Å². The van der Waals surface area contributed by atoms with E-state index in [-0.39, 0.29) is 11.6 Å². The summed E-state index contributed by atoms with van der Waals surface area (Å²) in [6, 6.07) is 4.49. The van der Waals surface area contributed by atoms with E-state index in [0.29, 0.717) is 16.5 Å². The fourth-order valence-corrected chi connectivity index (χ4v) is 2.41. The number of rotatable bonds is 4. The Morgan fingerprint density at radius 3 is 2.70 bits per heavy atom. The van der Waals surface area contributed by atoms with Gasteiger partial charge in [-0.15, -0.1) is 0 Å². The molecule has 0 spiro atoms. The molecule has 1 aromatic carbocycles. The van der Waals surface area contributed by atoms with Crippen LogP contribution in [-0.4, -0.2) is 16.2 Å². The topological polar surface area (TPSA) is 75.4 Å². The van der Waals surface area contributed by atoms with Crippen molar-refractivity contribution < 1.29 is 14.4 Å². The maximum Gasteiger partial charge on any atom is 0.337 e. The van der Waals surface area contributed by atoms with Crippen LogP contribution >= 0.6 is 11.6 Å². The predicted molar refractivity (Wildman–Crippen MR) is 76.4 cm³/mol. The van der Waals surface area contributed by atoms with Crippen molar-refractivity contribution in [3.63, 3.8) is 0 Å². The monoisotopic (exact) mass is 294 g/mol. The first-order chi connectivity index (χ1) is 9.40. The molecule has 0 radical (unpaired) electrons. The number of aromatic carboxylic acids is 1. The number of hydrogen-bond acceptors (Lipinski definition) is 4. The van der Waals surface area contributed by atoms with E-state index in [4.69, 9.17) is 16.1 Å². The minimum Gasteiger partial charge on any atom is -0.478 e. The fraction of sp³-hybridized carbons (Fsp3) is 0.286. The number of benzene rings is 1. The third kappa shape index (κ3) is 2.77. The van der Waals surface area contributed by atoms with Crippen LogP contribution in [0.3, 0.4) is 0 Å². The lowest BCUT2D eigenvalue weighted by Gasteiger charge is -2.17. The molecule has 0 bridgehead atoms. The molecule has 5 nitrogen and oxygen atoms in total. The Bertz CT molecular complexity index is 632. The highest BCUT2D eigenvalue weighted by atomic mass is 35.5. The van der Waals surface area contributed by atoms with Crippen molar-refractivity contribution in [3.8, 4) is 0 Å². The van der Waals surface area contributed by atoms with Crippen LogP contribution in [0.2, 0.25) is 5.02 Å². The first-order valence-electron chi connectivity index (χ1n) is 6.12. The minimum atomic E-state index is -1.00. The van der Waals surface area contributed by atoms with E-state index in [9.17, 15) is 9.90 Å². The number of nitrogens with one attached hydrogen (secondary N) is 1. The summed E-state index contributed by atoms with van der Waals surface area (Å²) in [4.78, 5) is 11.2. The average molecular weight is 295 g/mol. The summed E-state index contributed by atoms with van der Waals surface area (Å²) in [5, 5.41) is 16.7. The number of hydrogen-bond donors (Lipinski definition) is 2. The second-order valence-corrected chi connectivity index (χ2v) is 5.04. The van der Waals surface area contributed by atoms with E-state index in [2.05, 4.69) is 10.5 Å². The number of carboxylic acid groups (broad SMARTS) is 1. The van der Waals surface area contributed by atoms with Gasteiger partial charge in [0.15, 0.2) is 0 Å². The molecule has 0 amide bonds. The van der Waals surface area contributed by atoms with Gasteiger partial charge in [-0.05, 0) is 39.0 Å². The summed E-state index contributed by atoms with van der Waals surface area (Å²) in [6.45, 7) is 5.59. The molecule has 0 saturated carbocycles. The molecule has 6 heteroatoms. The first-order valence-corrected chi connectivity index (χ1v) is 6.50. The molecule has 1 atom stereocenters. The molecule has 1 unspecified atom stereocenters. The summed E-state index contributed by atoms with van der Waals surface area (Å²) < 4.78 is 5.12. The smallest absolute Gasteiger partial charge is 0.337 e. The van der Waals surface area contributed by atoms with Crippen molar-refractivity contribution in [2.45, 2.75) is 26.8 Å². The van der Waals surface area contributed by atoms with Gasteiger partial charge in [0.2, 0.25) is 0 Å². The summed E-state index contributed by atoms with van der Waals surface area (Å²) >= 11 is 5.93. The Balaban J connectivity index is 2.35. The fourth-order valence-electron chi connectivity index (χ4n) is 2.24. The van der Waals surface area contributed by atoms with Crippen molar-refractivity contribution in [1.82, 2.24) is 5.16 Å². The Hall–Kier alpha value is -2.01. The van der Waals surface area contributed by atoms with E-state index < -0.39 is 5.97 Å². The average Bonchev–Trinajstić information content (AvgIpc) is 2.68. The number of carbonyl (C=O) groups is 1. The van der Waals surface area contributed by atoms with Crippen LogP contribution in [0.5, 0.6) is 0 Å². The molecule has 2 N–H and O–H groups in total. The van der Waals surface area contributed by atoms with Crippen molar-refractivity contribution in [2.24, 2.45) is 0 Å². The van der Waals surface area contributed by atoms with Gasteiger partial charge in [-0.25, -0.2) is 4.79 Å². The maximum atomic E-state index is 11.2. The van der Waals surface area contributed by atoms with E-state index in [1.54, 1.807) is 12.1 Å². The number of anilines is 1. The molecule has 0 saturated heterocycles. The third-order valence-corrected chi connectivity index (χ3v) is 3.34. The second kappa shape index (κ2) is 5.54. The minimum absolute atomic E-state index is 0.141. The van der Waals surface area contributed by atoms with Crippen molar-refractivity contribution in [3.05, 3.63) is 45.8 Å². The number of halogens is 1. The quantitative estimate of drug-likeness (QED) is 0.896. The number of aromatic nitrogens is 1. The molecule has 0 aliphatic heterocycles. The molecule has 2 aromatic rings. The van der Waals surface area contributed by atoms with Crippen LogP contribution in [-0.2, 0) is 0 Å². The molecule has 1 heterocycles.